The highest BCUT2D eigenvalue weighted by atomic mass is 16.5. The van der Waals surface area contributed by atoms with Crippen LogP contribution in [0.15, 0.2) is 0 Å². The van der Waals surface area contributed by atoms with Gasteiger partial charge in [-0.2, -0.15) is 0 Å². The molecule has 0 aromatic heterocycles. The van der Waals surface area contributed by atoms with E-state index in [9.17, 15) is 9.90 Å². The number of ether oxygens (including phenoxy) is 2. The first-order valence-corrected chi connectivity index (χ1v) is 6.69. The number of carbonyl (C=O) groups is 1. The molecule has 0 amide bonds. The summed E-state index contributed by atoms with van der Waals surface area (Å²) in [5.74, 6) is -0.836. The van der Waals surface area contributed by atoms with Gasteiger partial charge in [0.2, 0.25) is 0 Å². The van der Waals surface area contributed by atoms with Crippen LogP contribution in [0.2, 0.25) is 0 Å². The van der Waals surface area contributed by atoms with Crippen LogP contribution < -0.4 is 5.32 Å². The number of rotatable bonds is 8. The van der Waals surface area contributed by atoms with Crippen LogP contribution >= 0.6 is 0 Å². The van der Waals surface area contributed by atoms with E-state index in [4.69, 9.17) is 9.47 Å². The van der Waals surface area contributed by atoms with Crippen molar-refractivity contribution in [1.29, 1.82) is 0 Å². The van der Waals surface area contributed by atoms with Crippen molar-refractivity contribution in [2.24, 2.45) is 0 Å². The molecule has 0 saturated carbocycles. The molecule has 1 fully saturated rings. The van der Waals surface area contributed by atoms with Crippen molar-refractivity contribution in [1.82, 2.24) is 5.32 Å². The molecule has 1 rings (SSSR count). The molecule has 0 spiro atoms. The zero-order valence-electron chi connectivity index (χ0n) is 11.6. The first-order valence-electron chi connectivity index (χ1n) is 6.69. The number of hydrogen-bond acceptors (Lipinski definition) is 4. The Balaban J connectivity index is 2.35. The van der Waals surface area contributed by atoms with Gasteiger partial charge in [-0.1, -0.05) is 6.92 Å². The van der Waals surface area contributed by atoms with Gasteiger partial charge in [-0.25, -0.2) is 0 Å². The van der Waals surface area contributed by atoms with Gasteiger partial charge in [0.1, 0.15) is 5.54 Å². The molecule has 0 radical (unpaired) electrons. The molecule has 3 unspecified atom stereocenters. The lowest BCUT2D eigenvalue weighted by Crippen LogP contribution is -2.51. The van der Waals surface area contributed by atoms with Crippen molar-refractivity contribution in [3.8, 4) is 0 Å². The van der Waals surface area contributed by atoms with Crippen molar-refractivity contribution < 1.29 is 19.4 Å². The summed E-state index contributed by atoms with van der Waals surface area (Å²) in [6.45, 7) is 7.51. The Morgan fingerprint density at radius 1 is 1.67 bits per heavy atom. The minimum atomic E-state index is -0.926. The molecule has 0 bridgehead atoms. The van der Waals surface area contributed by atoms with Crippen LogP contribution in [0.5, 0.6) is 0 Å². The summed E-state index contributed by atoms with van der Waals surface area (Å²) in [4.78, 5) is 11.3. The first-order chi connectivity index (χ1) is 8.48. The summed E-state index contributed by atoms with van der Waals surface area (Å²) >= 11 is 0. The number of aliphatic carboxylic acids is 1. The minimum absolute atomic E-state index is 0.102. The van der Waals surface area contributed by atoms with Crippen LogP contribution in [0, 0.1) is 0 Å². The molecule has 1 saturated heterocycles. The van der Waals surface area contributed by atoms with E-state index in [2.05, 4.69) is 5.32 Å². The fraction of sp³-hybridized carbons (Fsp3) is 0.923. The largest absolute Gasteiger partial charge is 0.480 e. The van der Waals surface area contributed by atoms with Crippen LogP contribution in [-0.4, -0.2) is 48.6 Å². The quantitative estimate of drug-likeness (QED) is 0.690. The monoisotopic (exact) mass is 259 g/mol. The lowest BCUT2D eigenvalue weighted by molar-refractivity contribution is -0.146. The Morgan fingerprint density at radius 2 is 2.39 bits per heavy atom. The van der Waals surface area contributed by atoms with Gasteiger partial charge in [0.05, 0.1) is 18.8 Å². The number of nitrogens with one attached hydrogen (secondary N) is 1. The maximum Gasteiger partial charge on any atom is 0.323 e. The average Bonchev–Trinajstić information content (AvgIpc) is 2.79. The third kappa shape index (κ3) is 4.55. The molecule has 1 aliphatic rings. The molecule has 106 valence electrons. The van der Waals surface area contributed by atoms with Gasteiger partial charge in [0.25, 0.3) is 0 Å². The van der Waals surface area contributed by atoms with E-state index in [1.54, 1.807) is 6.92 Å². The van der Waals surface area contributed by atoms with E-state index < -0.39 is 11.5 Å². The Kier molecular flexibility index (Phi) is 6.05. The molecule has 5 nitrogen and oxygen atoms in total. The fourth-order valence-corrected chi connectivity index (χ4v) is 2.31. The Morgan fingerprint density at radius 3 is 2.89 bits per heavy atom. The predicted octanol–water partition coefficient (Wildman–Crippen LogP) is 1.41. The van der Waals surface area contributed by atoms with Gasteiger partial charge in [0, 0.05) is 13.0 Å². The van der Waals surface area contributed by atoms with Crippen LogP contribution in [-0.2, 0) is 14.3 Å². The Bertz CT molecular complexity index is 266. The summed E-state index contributed by atoms with van der Waals surface area (Å²) in [6, 6.07) is 0. The van der Waals surface area contributed by atoms with Gasteiger partial charge in [-0.15, -0.1) is 0 Å². The molecule has 1 heterocycles. The van der Waals surface area contributed by atoms with Crippen molar-refractivity contribution in [3.05, 3.63) is 0 Å². The van der Waals surface area contributed by atoms with E-state index in [-0.39, 0.29) is 12.2 Å². The highest BCUT2D eigenvalue weighted by Gasteiger charge is 2.34. The summed E-state index contributed by atoms with van der Waals surface area (Å²) < 4.78 is 11.2. The number of hydrogen-bond donors (Lipinski definition) is 2. The van der Waals surface area contributed by atoms with Crippen molar-refractivity contribution in [2.75, 3.05) is 19.8 Å². The lowest BCUT2D eigenvalue weighted by Gasteiger charge is -2.29. The van der Waals surface area contributed by atoms with Crippen molar-refractivity contribution in [3.63, 3.8) is 0 Å². The zero-order chi connectivity index (χ0) is 13.6. The molecule has 1 aliphatic heterocycles. The van der Waals surface area contributed by atoms with E-state index >= 15 is 0 Å². The topological polar surface area (TPSA) is 67.8 Å². The smallest absolute Gasteiger partial charge is 0.323 e. The van der Waals surface area contributed by atoms with Crippen LogP contribution in [0.25, 0.3) is 0 Å². The molecular weight excluding hydrogens is 234 g/mol. The Hall–Kier alpha value is -0.650. The SMILES string of the molecule is CCNC(C)(CC(C)OCC1CCCO1)C(=O)O. The summed E-state index contributed by atoms with van der Waals surface area (Å²) in [5.41, 5.74) is -0.926. The van der Waals surface area contributed by atoms with Crippen LogP contribution in [0.4, 0.5) is 0 Å². The van der Waals surface area contributed by atoms with E-state index in [1.165, 1.54) is 0 Å². The third-order valence-electron chi connectivity index (χ3n) is 3.33. The highest BCUT2D eigenvalue weighted by Crippen LogP contribution is 2.17. The van der Waals surface area contributed by atoms with E-state index in [0.717, 1.165) is 19.4 Å². The summed E-state index contributed by atoms with van der Waals surface area (Å²) in [7, 11) is 0. The maximum absolute atomic E-state index is 11.3. The second-order valence-electron chi connectivity index (χ2n) is 5.15. The molecule has 18 heavy (non-hydrogen) atoms. The van der Waals surface area contributed by atoms with Crippen LogP contribution in [0.1, 0.15) is 40.0 Å². The molecule has 2 N–H and O–H groups in total. The first kappa shape index (κ1) is 15.4. The second-order valence-corrected chi connectivity index (χ2v) is 5.15. The number of carboxylic acids is 1. The van der Waals surface area contributed by atoms with Gasteiger partial charge in [-0.3, -0.25) is 4.79 Å². The van der Waals surface area contributed by atoms with E-state index in [0.29, 0.717) is 19.6 Å². The number of likely N-dealkylation sites (N-methyl/N-ethyl adjacent to an activating group) is 1. The minimum Gasteiger partial charge on any atom is -0.480 e. The highest BCUT2D eigenvalue weighted by molar-refractivity contribution is 5.78. The van der Waals surface area contributed by atoms with Gasteiger partial charge in [-0.05, 0) is 33.2 Å². The van der Waals surface area contributed by atoms with E-state index in [1.807, 2.05) is 13.8 Å². The van der Waals surface area contributed by atoms with Crippen molar-refractivity contribution in [2.45, 2.75) is 57.8 Å². The normalized spacial score (nSPS) is 24.7. The lowest BCUT2D eigenvalue weighted by atomic mass is 9.95. The molecule has 5 heteroatoms. The second kappa shape index (κ2) is 7.07. The fourth-order valence-electron chi connectivity index (χ4n) is 2.31. The molecule has 3 atom stereocenters. The summed E-state index contributed by atoms with van der Waals surface area (Å²) in [6.07, 6.45) is 2.66. The third-order valence-corrected chi connectivity index (χ3v) is 3.33. The molecular formula is C13H25NO4. The molecule has 0 aliphatic carbocycles. The van der Waals surface area contributed by atoms with Crippen molar-refractivity contribution >= 4 is 5.97 Å². The standard InChI is InChI=1S/C13H25NO4/c1-4-14-13(3,12(15)16)8-10(2)18-9-11-6-5-7-17-11/h10-11,14H,4-9H2,1-3H3,(H,15,16). The maximum atomic E-state index is 11.3. The average molecular weight is 259 g/mol. The molecule has 0 aromatic carbocycles. The van der Waals surface area contributed by atoms with Crippen LogP contribution in [0.3, 0.4) is 0 Å². The van der Waals surface area contributed by atoms with Gasteiger partial charge < -0.3 is 19.9 Å². The predicted molar refractivity (Wildman–Crippen MR) is 68.7 cm³/mol. The Labute approximate surface area is 109 Å². The summed E-state index contributed by atoms with van der Waals surface area (Å²) in [5, 5.41) is 12.3. The van der Waals surface area contributed by atoms with Gasteiger partial charge >= 0.3 is 5.97 Å². The molecule has 0 aromatic rings. The van der Waals surface area contributed by atoms with Gasteiger partial charge in [0.15, 0.2) is 0 Å². The number of carboxylic acid groups (broad SMARTS) is 1. The zero-order valence-corrected chi connectivity index (χ0v) is 11.6.